The number of hydrogen-bond donors (Lipinski definition) is 2. The molecule has 224 valence electrons. The predicted molar refractivity (Wildman–Crippen MR) is 170 cm³/mol. The van der Waals surface area contributed by atoms with Gasteiger partial charge in [-0.2, -0.15) is 5.10 Å². The lowest BCUT2D eigenvalue weighted by molar-refractivity contribution is 0.260. The van der Waals surface area contributed by atoms with Crippen molar-refractivity contribution in [2.24, 2.45) is 0 Å². The molecule has 11 heteroatoms. The molecule has 0 fully saturated rings. The number of pyridine rings is 3. The Morgan fingerprint density at radius 3 is 2.51 bits per heavy atom. The Kier molecular flexibility index (Phi) is 7.58. The van der Waals surface area contributed by atoms with Crippen molar-refractivity contribution in [3.05, 3.63) is 103 Å². The molecule has 0 unspecified atom stereocenters. The minimum atomic E-state index is -0.416. The summed E-state index contributed by atoms with van der Waals surface area (Å²) in [5.41, 5.74) is 6.92. The van der Waals surface area contributed by atoms with Gasteiger partial charge in [0.25, 0.3) is 0 Å². The SMILES string of the molecule is CN(C)CCOc1cc(F)cc(-c2nccc3[nH]c(-c4n[nH]c5ccc(-c6cncc(OCc7ccccc7)c6)nc45)nc23)c1. The molecule has 0 saturated carbocycles. The lowest BCUT2D eigenvalue weighted by atomic mass is 10.1. The van der Waals surface area contributed by atoms with Crippen molar-refractivity contribution in [3.63, 3.8) is 0 Å². The van der Waals surface area contributed by atoms with Crippen molar-refractivity contribution in [2.45, 2.75) is 6.61 Å². The molecule has 0 amide bonds. The standard InChI is InChI=1S/C34H29FN8O2/c1-43(2)12-13-44-25-15-22(14-24(35)17-25)30-31-28(10-11-37-30)39-34(40-31)33-32-29(41-42-33)9-8-27(38-32)23-16-26(19-36-18-23)45-20-21-6-4-3-5-7-21/h3-11,14-19H,12-13,20H2,1-2H3,(H,39,40)(H,41,42). The Morgan fingerprint density at radius 1 is 0.800 bits per heavy atom. The third-order valence-corrected chi connectivity index (χ3v) is 7.24. The second kappa shape index (κ2) is 12.1. The third kappa shape index (κ3) is 6.06. The molecule has 0 saturated heterocycles. The normalized spacial score (nSPS) is 11.5. The first-order valence-electron chi connectivity index (χ1n) is 14.4. The van der Waals surface area contributed by atoms with Crippen LogP contribution in [0.5, 0.6) is 11.5 Å². The Morgan fingerprint density at radius 2 is 1.64 bits per heavy atom. The minimum Gasteiger partial charge on any atom is -0.492 e. The highest BCUT2D eigenvalue weighted by Crippen LogP contribution is 2.33. The second-order valence-electron chi connectivity index (χ2n) is 10.8. The Bertz CT molecular complexity index is 2110. The Labute approximate surface area is 257 Å². The number of fused-ring (bicyclic) bond motifs is 2. The molecule has 2 aromatic carbocycles. The van der Waals surface area contributed by atoms with E-state index in [2.05, 4.69) is 25.1 Å². The summed E-state index contributed by atoms with van der Waals surface area (Å²) in [7, 11) is 3.91. The van der Waals surface area contributed by atoms with Crippen LogP contribution in [0.15, 0.2) is 91.4 Å². The second-order valence-corrected chi connectivity index (χ2v) is 10.8. The maximum Gasteiger partial charge on any atom is 0.161 e. The molecule has 5 aromatic heterocycles. The number of nitrogens with zero attached hydrogens (tertiary/aromatic N) is 6. The number of aromatic nitrogens is 7. The monoisotopic (exact) mass is 600 g/mol. The number of hydrogen-bond acceptors (Lipinski definition) is 8. The number of nitrogens with one attached hydrogen (secondary N) is 2. The zero-order chi connectivity index (χ0) is 30.8. The topological polar surface area (TPSA) is 118 Å². The summed E-state index contributed by atoms with van der Waals surface area (Å²) in [6, 6.07) is 22.1. The number of imidazole rings is 1. The molecule has 0 radical (unpaired) electrons. The van der Waals surface area contributed by atoms with Crippen LogP contribution < -0.4 is 9.47 Å². The molecule has 7 aromatic rings. The van der Waals surface area contributed by atoms with Gasteiger partial charge in [0.2, 0.25) is 0 Å². The number of benzene rings is 2. The van der Waals surface area contributed by atoms with E-state index in [9.17, 15) is 4.39 Å². The number of likely N-dealkylation sites (N-methyl/N-ethyl adjacent to an activating group) is 1. The molecule has 7 rings (SSSR count). The Hall–Kier alpha value is -5.68. The van der Waals surface area contributed by atoms with E-state index < -0.39 is 5.82 Å². The fraction of sp³-hybridized carbons (Fsp3) is 0.147. The highest BCUT2D eigenvalue weighted by Gasteiger charge is 2.18. The first-order valence-corrected chi connectivity index (χ1v) is 14.4. The Balaban J connectivity index is 1.20. The molecule has 2 N–H and O–H groups in total. The van der Waals surface area contributed by atoms with E-state index in [0.29, 0.717) is 70.8 Å². The van der Waals surface area contributed by atoms with E-state index in [-0.39, 0.29) is 0 Å². The molecular formula is C34H29FN8O2. The van der Waals surface area contributed by atoms with Gasteiger partial charge in [-0.15, -0.1) is 0 Å². The van der Waals surface area contributed by atoms with Crippen molar-refractivity contribution < 1.29 is 13.9 Å². The van der Waals surface area contributed by atoms with Crippen molar-refractivity contribution in [3.8, 4) is 45.5 Å². The molecule has 0 aliphatic carbocycles. The lowest BCUT2D eigenvalue weighted by Crippen LogP contribution is -2.19. The van der Waals surface area contributed by atoms with Gasteiger partial charge in [0, 0.05) is 36.1 Å². The van der Waals surface area contributed by atoms with Crippen molar-refractivity contribution in [2.75, 3.05) is 27.2 Å². The minimum absolute atomic E-state index is 0.416. The first-order chi connectivity index (χ1) is 22.0. The third-order valence-electron chi connectivity index (χ3n) is 7.24. The molecule has 0 spiro atoms. The average molecular weight is 601 g/mol. The number of H-pyrrole nitrogens is 2. The summed E-state index contributed by atoms with van der Waals surface area (Å²) in [4.78, 5) is 24.0. The van der Waals surface area contributed by atoms with Gasteiger partial charge >= 0.3 is 0 Å². The van der Waals surface area contributed by atoms with Gasteiger partial charge in [-0.05, 0) is 56.1 Å². The number of rotatable bonds is 10. The highest BCUT2D eigenvalue weighted by molar-refractivity contribution is 5.95. The van der Waals surface area contributed by atoms with Crippen LogP contribution in [-0.2, 0) is 6.61 Å². The summed E-state index contributed by atoms with van der Waals surface area (Å²) < 4.78 is 26.4. The smallest absolute Gasteiger partial charge is 0.161 e. The van der Waals surface area contributed by atoms with Gasteiger partial charge in [0.05, 0.1) is 28.6 Å². The fourth-order valence-electron chi connectivity index (χ4n) is 4.99. The van der Waals surface area contributed by atoms with Crippen LogP contribution in [0.25, 0.3) is 56.1 Å². The van der Waals surface area contributed by atoms with Crippen LogP contribution >= 0.6 is 0 Å². The number of aromatic amines is 2. The van der Waals surface area contributed by atoms with Crippen LogP contribution in [0.4, 0.5) is 4.39 Å². The van der Waals surface area contributed by atoms with Crippen molar-refractivity contribution in [1.82, 2.24) is 40.0 Å². The summed E-state index contributed by atoms with van der Waals surface area (Å²) in [6.07, 6.45) is 5.10. The van der Waals surface area contributed by atoms with Gasteiger partial charge in [-0.1, -0.05) is 30.3 Å². The molecule has 10 nitrogen and oxygen atoms in total. The van der Waals surface area contributed by atoms with Gasteiger partial charge in [-0.25, -0.2) is 14.4 Å². The van der Waals surface area contributed by atoms with E-state index >= 15 is 0 Å². The largest absolute Gasteiger partial charge is 0.492 e. The van der Waals surface area contributed by atoms with Crippen LogP contribution in [0.1, 0.15) is 5.56 Å². The quantitative estimate of drug-likeness (QED) is 0.188. The van der Waals surface area contributed by atoms with Gasteiger partial charge in [0.1, 0.15) is 41.6 Å². The van der Waals surface area contributed by atoms with E-state index in [1.807, 2.05) is 73.6 Å². The summed E-state index contributed by atoms with van der Waals surface area (Å²) in [5, 5.41) is 7.58. The molecule has 0 aliphatic rings. The van der Waals surface area contributed by atoms with Gasteiger partial charge in [-0.3, -0.25) is 15.1 Å². The van der Waals surface area contributed by atoms with Crippen molar-refractivity contribution >= 4 is 22.1 Å². The van der Waals surface area contributed by atoms with Crippen LogP contribution in [0, 0.1) is 5.82 Å². The lowest BCUT2D eigenvalue weighted by Gasteiger charge is -2.12. The van der Waals surface area contributed by atoms with E-state index in [0.717, 1.165) is 22.2 Å². The number of halogens is 1. The predicted octanol–water partition coefficient (Wildman–Crippen LogP) is 6.28. The fourth-order valence-corrected chi connectivity index (χ4v) is 4.99. The van der Waals surface area contributed by atoms with Crippen LogP contribution in [0.2, 0.25) is 0 Å². The molecule has 0 bridgehead atoms. The zero-order valence-corrected chi connectivity index (χ0v) is 24.7. The zero-order valence-electron chi connectivity index (χ0n) is 24.7. The molecule has 0 atom stereocenters. The van der Waals surface area contributed by atoms with E-state index in [1.165, 1.54) is 12.1 Å². The average Bonchev–Trinajstić information content (AvgIpc) is 3.68. The van der Waals surface area contributed by atoms with Crippen LogP contribution in [-0.4, -0.2) is 67.3 Å². The maximum absolute atomic E-state index is 14.6. The van der Waals surface area contributed by atoms with E-state index in [4.69, 9.17) is 19.4 Å². The van der Waals surface area contributed by atoms with Crippen LogP contribution in [0.3, 0.4) is 0 Å². The summed E-state index contributed by atoms with van der Waals surface area (Å²) in [6.45, 7) is 1.58. The number of ether oxygens (including phenoxy) is 2. The maximum atomic E-state index is 14.6. The van der Waals surface area contributed by atoms with Gasteiger partial charge in [0.15, 0.2) is 11.5 Å². The van der Waals surface area contributed by atoms with Crippen molar-refractivity contribution in [1.29, 1.82) is 0 Å². The molecule has 0 aliphatic heterocycles. The molecule has 45 heavy (non-hydrogen) atoms. The first kappa shape index (κ1) is 28.1. The summed E-state index contributed by atoms with van der Waals surface area (Å²) >= 11 is 0. The van der Waals surface area contributed by atoms with E-state index in [1.54, 1.807) is 24.7 Å². The molecule has 5 heterocycles. The van der Waals surface area contributed by atoms with Gasteiger partial charge < -0.3 is 19.4 Å². The molecular weight excluding hydrogens is 571 g/mol. The highest BCUT2D eigenvalue weighted by atomic mass is 19.1. The summed E-state index contributed by atoms with van der Waals surface area (Å²) in [5.74, 6) is 1.17.